The summed E-state index contributed by atoms with van der Waals surface area (Å²) in [6.45, 7) is 1.92. The number of amides is 1. The summed E-state index contributed by atoms with van der Waals surface area (Å²) in [5.41, 5.74) is 3.33. The zero-order valence-corrected chi connectivity index (χ0v) is 12.2. The first-order chi connectivity index (χ1) is 11.0. The molecule has 2 N–H and O–H groups in total. The maximum atomic E-state index is 13.8. The van der Waals surface area contributed by atoms with Gasteiger partial charge in [0.25, 0.3) is 5.91 Å². The minimum Gasteiger partial charge on any atom is -0.342 e. The number of carbonyl (C=O) groups excluding carboxylic acids is 1. The molecule has 23 heavy (non-hydrogen) atoms. The Kier molecular flexibility index (Phi) is 3.79. The third-order valence-corrected chi connectivity index (χ3v) is 3.75. The van der Waals surface area contributed by atoms with E-state index in [-0.39, 0.29) is 12.2 Å². The van der Waals surface area contributed by atoms with Gasteiger partial charge in [0.15, 0.2) is 0 Å². The average molecular weight is 317 g/mol. The van der Waals surface area contributed by atoms with Gasteiger partial charge in [0.2, 0.25) is 0 Å². The molecule has 2 heterocycles. The number of nitrogens with one attached hydrogen (secondary N) is 1. The van der Waals surface area contributed by atoms with E-state index in [4.69, 9.17) is 5.21 Å². The molecule has 0 atom stereocenters. The van der Waals surface area contributed by atoms with Crippen LogP contribution < -0.4 is 5.48 Å². The second kappa shape index (κ2) is 5.77. The van der Waals surface area contributed by atoms with Gasteiger partial charge in [-0.3, -0.25) is 10.0 Å². The summed E-state index contributed by atoms with van der Waals surface area (Å²) in [5.74, 6) is -1.93. The summed E-state index contributed by atoms with van der Waals surface area (Å²) < 4.78 is 28.5. The van der Waals surface area contributed by atoms with Gasteiger partial charge in [-0.1, -0.05) is 6.07 Å². The Morgan fingerprint density at radius 1 is 1.35 bits per heavy atom. The molecule has 0 aliphatic rings. The fraction of sp³-hybridized carbons (Fsp3) is 0.125. The van der Waals surface area contributed by atoms with Crippen molar-refractivity contribution in [1.82, 2.24) is 15.0 Å². The number of halogens is 2. The summed E-state index contributed by atoms with van der Waals surface area (Å²) in [4.78, 5) is 15.6. The molecule has 0 saturated heterocycles. The lowest BCUT2D eigenvalue weighted by Crippen LogP contribution is -2.21. The van der Waals surface area contributed by atoms with E-state index in [2.05, 4.69) is 4.98 Å². The van der Waals surface area contributed by atoms with Crippen molar-refractivity contribution >= 4 is 16.8 Å². The standard InChI is InChI=1S/C16H13F2N3O2/c1-9-12-4-5-21(8-10-2-3-11(17)6-13(10)18)14(12)7-19-15(9)16(22)20-23/h2-7,23H,8H2,1H3,(H,20,22). The van der Waals surface area contributed by atoms with Crippen LogP contribution in [0.1, 0.15) is 21.6 Å². The number of hydrogen-bond acceptors (Lipinski definition) is 3. The maximum absolute atomic E-state index is 13.8. The molecule has 0 bridgehead atoms. The van der Waals surface area contributed by atoms with E-state index in [0.717, 1.165) is 11.5 Å². The Bertz CT molecular complexity index is 906. The van der Waals surface area contributed by atoms with Crippen LogP contribution in [0.4, 0.5) is 8.78 Å². The van der Waals surface area contributed by atoms with Crippen LogP contribution >= 0.6 is 0 Å². The van der Waals surface area contributed by atoms with Crippen LogP contribution in [0.15, 0.2) is 36.7 Å². The Morgan fingerprint density at radius 2 is 2.13 bits per heavy atom. The third kappa shape index (κ3) is 2.66. The average Bonchev–Trinajstić information content (AvgIpc) is 2.94. The van der Waals surface area contributed by atoms with Crippen molar-refractivity contribution in [3.05, 3.63) is 65.1 Å². The molecule has 0 unspecified atom stereocenters. The fourth-order valence-electron chi connectivity index (χ4n) is 2.55. The third-order valence-electron chi connectivity index (χ3n) is 3.75. The zero-order valence-electron chi connectivity index (χ0n) is 12.2. The van der Waals surface area contributed by atoms with Crippen LogP contribution in [0, 0.1) is 18.6 Å². The predicted octanol–water partition coefficient (Wildman–Crippen LogP) is 2.79. The number of aromatic nitrogens is 2. The first kappa shape index (κ1) is 15.1. The highest BCUT2D eigenvalue weighted by Crippen LogP contribution is 2.23. The SMILES string of the molecule is Cc1c(C(=O)NO)ncc2c1ccn2Cc1ccc(F)cc1F. The van der Waals surface area contributed by atoms with Crippen LogP contribution in [0.25, 0.3) is 10.9 Å². The maximum Gasteiger partial charge on any atom is 0.293 e. The zero-order chi connectivity index (χ0) is 16.6. The summed E-state index contributed by atoms with van der Waals surface area (Å²) in [7, 11) is 0. The largest absolute Gasteiger partial charge is 0.342 e. The second-order valence-corrected chi connectivity index (χ2v) is 5.15. The molecule has 0 saturated carbocycles. The lowest BCUT2D eigenvalue weighted by atomic mass is 10.1. The van der Waals surface area contributed by atoms with Crippen molar-refractivity contribution in [3.63, 3.8) is 0 Å². The van der Waals surface area contributed by atoms with Gasteiger partial charge in [-0.05, 0) is 24.6 Å². The van der Waals surface area contributed by atoms with E-state index >= 15 is 0 Å². The first-order valence-corrected chi connectivity index (χ1v) is 6.84. The van der Waals surface area contributed by atoms with E-state index in [1.54, 1.807) is 29.2 Å². The summed E-state index contributed by atoms with van der Waals surface area (Å²) in [6.07, 6.45) is 3.22. The molecule has 0 aliphatic carbocycles. The molecule has 0 aliphatic heterocycles. The van der Waals surface area contributed by atoms with Gasteiger partial charge in [0, 0.05) is 23.2 Å². The highest BCUT2D eigenvalue weighted by atomic mass is 19.1. The topological polar surface area (TPSA) is 67.2 Å². The molecule has 0 radical (unpaired) electrons. The monoisotopic (exact) mass is 317 g/mol. The Labute approximate surface area is 130 Å². The van der Waals surface area contributed by atoms with E-state index < -0.39 is 17.5 Å². The van der Waals surface area contributed by atoms with Gasteiger partial charge in [-0.25, -0.2) is 19.2 Å². The summed E-state index contributed by atoms with van der Waals surface area (Å²) >= 11 is 0. The van der Waals surface area contributed by atoms with Crippen LogP contribution in [0.3, 0.4) is 0 Å². The molecule has 118 valence electrons. The van der Waals surface area contributed by atoms with Crippen molar-refractivity contribution in [1.29, 1.82) is 0 Å². The molecule has 3 aromatic rings. The fourth-order valence-corrected chi connectivity index (χ4v) is 2.55. The van der Waals surface area contributed by atoms with Crippen molar-refractivity contribution in [2.24, 2.45) is 0 Å². The van der Waals surface area contributed by atoms with Crippen molar-refractivity contribution in [2.45, 2.75) is 13.5 Å². The Morgan fingerprint density at radius 3 is 2.83 bits per heavy atom. The number of carbonyl (C=O) groups is 1. The van der Waals surface area contributed by atoms with Crippen molar-refractivity contribution in [2.75, 3.05) is 0 Å². The molecule has 1 amide bonds. The molecule has 1 aromatic carbocycles. The quantitative estimate of drug-likeness (QED) is 0.576. The number of rotatable bonds is 3. The first-order valence-electron chi connectivity index (χ1n) is 6.84. The summed E-state index contributed by atoms with van der Waals surface area (Å²) in [6, 6.07) is 5.22. The number of benzene rings is 1. The Balaban J connectivity index is 2.03. The number of hydroxylamine groups is 1. The number of nitrogens with zero attached hydrogens (tertiary/aromatic N) is 2. The minimum absolute atomic E-state index is 0.116. The highest BCUT2D eigenvalue weighted by Gasteiger charge is 2.15. The number of aryl methyl sites for hydroxylation is 1. The normalized spacial score (nSPS) is 11.0. The van der Waals surface area contributed by atoms with Crippen molar-refractivity contribution < 1.29 is 18.8 Å². The highest BCUT2D eigenvalue weighted by molar-refractivity contribution is 5.98. The molecule has 0 fully saturated rings. The molecule has 3 rings (SSSR count). The van der Waals surface area contributed by atoms with Crippen LogP contribution in [-0.2, 0) is 6.54 Å². The van der Waals surface area contributed by atoms with Crippen LogP contribution in [0.2, 0.25) is 0 Å². The van der Waals surface area contributed by atoms with Gasteiger partial charge in [0.05, 0.1) is 18.3 Å². The molecule has 2 aromatic heterocycles. The molecule has 0 spiro atoms. The second-order valence-electron chi connectivity index (χ2n) is 5.15. The summed E-state index contributed by atoms with van der Waals surface area (Å²) in [5, 5.41) is 9.49. The molecular formula is C16H13F2N3O2. The number of hydrogen-bond donors (Lipinski definition) is 2. The van der Waals surface area contributed by atoms with Crippen LogP contribution in [-0.4, -0.2) is 20.7 Å². The Hall–Kier alpha value is -2.80. The van der Waals surface area contributed by atoms with Gasteiger partial charge < -0.3 is 4.57 Å². The van der Waals surface area contributed by atoms with Crippen molar-refractivity contribution in [3.8, 4) is 0 Å². The lowest BCUT2D eigenvalue weighted by Gasteiger charge is -2.09. The van der Waals surface area contributed by atoms with Gasteiger partial charge in [-0.2, -0.15) is 0 Å². The number of fused-ring (bicyclic) bond motifs is 1. The molecular weight excluding hydrogens is 304 g/mol. The van der Waals surface area contributed by atoms with Crippen LogP contribution in [0.5, 0.6) is 0 Å². The molecule has 5 nitrogen and oxygen atoms in total. The van der Waals surface area contributed by atoms with Gasteiger partial charge in [-0.15, -0.1) is 0 Å². The van der Waals surface area contributed by atoms with Gasteiger partial charge in [0.1, 0.15) is 17.3 Å². The molecule has 7 heteroatoms. The minimum atomic E-state index is -0.693. The van der Waals surface area contributed by atoms with E-state index in [1.807, 2.05) is 0 Å². The van der Waals surface area contributed by atoms with E-state index in [0.29, 0.717) is 16.6 Å². The predicted molar refractivity (Wildman–Crippen MR) is 79.2 cm³/mol. The smallest absolute Gasteiger partial charge is 0.293 e. The lowest BCUT2D eigenvalue weighted by molar-refractivity contribution is 0.0700. The van der Waals surface area contributed by atoms with E-state index in [1.165, 1.54) is 18.3 Å². The number of pyridine rings is 1. The van der Waals surface area contributed by atoms with E-state index in [9.17, 15) is 13.6 Å². The van der Waals surface area contributed by atoms with Gasteiger partial charge >= 0.3 is 0 Å².